The number of ether oxygens (including phenoxy) is 7. The van der Waals surface area contributed by atoms with Crippen molar-refractivity contribution in [1.82, 2.24) is 10.3 Å². The fraction of sp³-hybridized carbons (Fsp3) is 0.622. The van der Waals surface area contributed by atoms with Crippen LogP contribution in [0.15, 0.2) is 60.0 Å². The molecule has 4 fully saturated rings. The molecule has 5 aliphatic rings. The van der Waals surface area contributed by atoms with Crippen molar-refractivity contribution in [3.05, 3.63) is 77.1 Å². The number of hydrogen-bond acceptors (Lipinski definition) is 16. The van der Waals surface area contributed by atoms with E-state index in [-0.39, 0.29) is 17.9 Å². The predicted molar refractivity (Wildman–Crippen MR) is 215 cm³/mol. The van der Waals surface area contributed by atoms with Crippen LogP contribution < -0.4 is 5.32 Å². The zero-order valence-corrected chi connectivity index (χ0v) is 36.5. The molecular weight excluding hydrogens is 827 g/mol. The monoisotopic (exact) mass is 884 g/mol. The van der Waals surface area contributed by atoms with Crippen LogP contribution in [0.25, 0.3) is 0 Å². The number of carbonyl (C=O) groups is 4. The smallest absolute Gasteiger partial charge is 0.408 e. The van der Waals surface area contributed by atoms with Gasteiger partial charge in [-0.05, 0) is 63.5 Å². The lowest BCUT2D eigenvalue weighted by atomic mass is 9.45. The SMILES string of the molecule is CC(=O)O[C@@]12CO[C@@H]1CC[C@@]1(C)C3O[C@H](C(O)CO)O/C3=C3\C(C)[C@@H](OC(=O)[C@H](O)[C@@H](NC(=O)OC(C)(C)C)c4ncccc4F)C[C@@](O)([C@@H](OC(=O)c4ccccc4)[C@H]21)C3(C)C. The van der Waals surface area contributed by atoms with E-state index >= 15 is 4.39 Å². The molecule has 63 heavy (non-hydrogen) atoms. The summed E-state index contributed by atoms with van der Waals surface area (Å²) < 4.78 is 58.6. The van der Waals surface area contributed by atoms with Gasteiger partial charge < -0.3 is 58.9 Å². The van der Waals surface area contributed by atoms with E-state index in [4.69, 9.17) is 33.2 Å². The lowest BCUT2D eigenvalue weighted by Gasteiger charge is -2.67. The molecule has 344 valence electrons. The number of hydrogen-bond donors (Lipinski definition) is 5. The summed E-state index contributed by atoms with van der Waals surface area (Å²) in [6, 6.07) is 8.57. The Morgan fingerprint density at radius 3 is 2.35 bits per heavy atom. The van der Waals surface area contributed by atoms with Crippen molar-refractivity contribution in [3.8, 4) is 0 Å². The summed E-state index contributed by atoms with van der Waals surface area (Å²) in [5.74, 6) is -5.64. The number of aliphatic hydroxyl groups is 4. The third-order valence-electron chi connectivity index (χ3n) is 13.6. The molecule has 5 N–H and O–H groups in total. The standard InChI is InChI=1S/C45H57FN2O15/c1-22-27(58-38(54)32(52)31(30-25(46)15-12-18-47-30)48-40(55)63-41(3,4)5)19-45(56)36(60-37(53)24-13-10-9-11-14-24)34-43(8,17-16-28-44(34,21-57-28)62-23(2)50)35-33(29(22)42(45,6)7)59-39(61-35)26(51)20-49/h9-15,18,22,26-28,31-32,34-36,39,49,51-52,56H,16-17,19-21H2,1-8H3,(H,48,55)/b33-29+/t22?,26?,27-,28+,31-,32+,34-,35?,36-,39+,43+,44-,45+/m0/s1. The summed E-state index contributed by atoms with van der Waals surface area (Å²) in [6.45, 7) is 12.0. The van der Waals surface area contributed by atoms with E-state index in [1.54, 1.807) is 59.7 Å². The van der Waals surface area contributed by atoms with E-state index in [0.29, 0.717) is 18.4 Å². The van der Waals surface area contributed by atoms with Crippen molar-refractivity contribution >= 4 is 24.0 Å². The molecule has 2 aromatic rings. The van der Waals surface area contributed by atoms with E-state index in [1.807, 2.05) is 6.92 Å². The first-order valence-electron chi connectivity index (χ1n) is 21.1. The number of amides is 1. The van der Waals surface area contributed by atoms with Crippen molar-refractivity contribution < 1.29 is 77.2 Å². The highest BCUT2D eigenvalue weighted by Gasteiger charge is 2.77. The first kappa shape index (κ1) is 46.3. The zero-order valence-electron chi connectivity index (χ0n) is 36.5. The lowest BCUT2D eigenvalue weighted by molar-refractivity contribution is -0.344. The third kappa shape index (κ3) is 7.96. The van der Waals surface area contributed by atoms with Crippen LogP contribution in [0.3, 0.4) is 0 Å². The van der Waals surface area contributed by atoms with Crippen molar-refractivity contribution in [2.75, 3.05) is 13.2 Å². The number of fused-ring (bicyclic) bond motifs is 7. The van der Waals surface area contributed by atoms with Gasteiger partial charge in [0.2, 0.25) is 6.29 Å². The minimum Gasteiger partial charge on any atom is -0.464 e. The van der Waals surface area contributed by atoms with Gasteiger partial charge in [-0.15, -0.1) is 0 Å². The molecule has 0 radical (unpaired) electrons. The summed E-state index contributed by atoms with van der Waals surface area (Å²) >= 11 is 0. The maximum Gasteiger partial charge on any atom is 0.408 e. The van der Waals surface area contributed by atoms with Gasteiger partial charge in [0.1, 0.15) is 65.0 Å². The fourth-order valence-corrected chi connectivity index (χ4v) is 10.6. The van der Waals surface area contributed by atoms with Gasteiger partial charge in [0, 0.05) is 36.3 Å². The number of nitrogens with zero attached hydrogens (tertiary/aromatic N) is 1. The summed E-state index contributed by atoms with van der Waals surface area (Å²) in [6.07, 6.45) is -9.73. The molecule has 13 atom stereocenters. The second-order valence-corrected chi connectivity index (χ2v) is 19.0. The Kier molecular flexibility index (Phi) is 12.3. The Balaban J connectivity index is 1.39. The van der Waals surface area contributed by atoms with E-state index in [1.165, 1.54) is 31.3 Å². The van der Waals surface area contributed by atoms with Gasteiger partial charge in [-0.25, -0.2) is 18.8 Å². The van der Waals surface area contributed by atoms with Crippen molar-refractivity contribution in [2.45, 2.75) is 140 Å². The van der Waals surface area contributed by atoms with Gasteiger partial charge in [-0.3, -0.25) is 9.78 Å². The molecule has 18 heteroatoms. The average Bonchev–Trinajstić information content (AvgIpc) is 3.65. The number of aromatic nitrogens is 1. The van der Waals surface area contributed by atoms with E-state index < -0.39 is 137 Å². The Labute approximate surface area is 364 Å². The van der Waals surface area contributed by atoms with E-state index in [9.17, 15) is 39.6 Å². The van der Waals surface area contributed by atoms with Gasteiger partial charge in [0.05, 0.1) is 24.7 Å². The van der Waals surface area contributed by atoms with Crippen molar-refractivity contribution in [2.24, 2.45) is 22.7 Å². The minimum absolute atomic E-state index is 0.144. The van der Waals surface area contributed by atoms with E-state index in [0.717, 1.165) is 6.07 Å². The zero-order chi connectivity index (χ0) is 46.0. The van der Waals surface area contributed by atoms with Crippen LogP contribution in [0.1, 0.15) is 96.7 Å². The number of pyridine rings is 1. The van der Waals surface area contributed by atoms with Crippen LogP contribution in [-0.2, 0) is 42.7 Å². The number of alkyl carbamates (subject to hydrolysis) is 1. The van der Waals surface area contributed by atoms with E-state index in [2.05, 4.69) is 10.3 Å². The molecule has 1 aromatic heterocycles. The Morgan fingerprint density at radius 1 is 1.05 bits per heavy atom. The van der Waals surface area contributed by atoms with Gasteiger partial charge in [-0.1, -0.05) is 45.9 Å². The molecule has 2 saturated carbocycles. The molecule has 2 aliphatic heterocycles. The van der Waals surface area contributed by atoms with Crippen LogP contribution in [0, 0.1) is 28.5 Å². The molecule has 1 amide bonds. The largest absolute Gasteiger partial charge is 0.464 e. The topological polar surface area (TPSA) is 239 Å². The molecular formula is C45H57FN2O15. The van der Waals surface area contributed by atoms with Gasteiger partial charge in [0.15, 0.2) is 11.7 Å². The highest BCUT2D eigenvalue weighted by atomic mass is 19.1. The Hall–Kier alpha value is -4.72. The highest BCUT2D eigenvalue weighted by Crippen LogP contribution is 2.67. The second kappa shape index (κ2) is 16.7. The summed E-state index contributed by atoms with van der Waals surface area (Å²) in [5.41, 5.74) is -7.45. The molecule has 0 spiro atoms. The van der Waals surface area contributed by atoms with Crippen molar-refractivity contribution in [3.63, 3.8) is 0 Å². The number of esters is 3. The van der Waals surface area contributed by atoms with Crippen LogP contribution in [0.5, 0.6) is 0 Å². The maximum atomic E-state index is 15.3. The molecule has 17 nitrogen and oxygen atoms in total. The molecule has 7 rings (SSSR count). The van der Waals surface area contributed by atoms with Crippen LogP contribution in [-0.4, -0.2) is 122 Å². The van der Waals surface area contributed by atoms with Gasteiger partial charge in [0.25, 0.3) is 0 Å². The highest BCUT2D eigenvalue weighted by molar-refractivity contribution is 5.89. The molecule has 3 unspecified atom stereocenters. The van der Waals surface area contributed by atoms with Crippen molar-refractivity contribution in [1.29, 1.82) is 0 Å². The summed E-state index contributed by atoms with van der Waals surface area (Å²) in [4.78, 5) is 58.8. The number of rotatable bonds is 10. The Bertz CT molecular complexity index is 2130. The number of aliphatic hydroxyl groups excluding tert-OH is 3. The summed E-state index contributed by atoms with van der Waals surface area (Å²) in [7, 11) is 0. The third-order valence-corrected chi connectivity index (χ3v) is 13.6. The first-order chi connectivity index (χ1) is 29.5. The quantitative estimate of drug-likeness (QED) is 0.169. The number of carbonyl (C=O) groups excluding carboxylic acids is 4. The molecule has 3 aliphatic carbocycles. The molecule has 1 aromatic carbocycles. The molecule has 3 heterocycles. The maximum absolute atomic E-state index is 15.3. The number of halogens is 1. The number of nitrogens with one attached hydrogen (secondary N) is 1. The van der Waals surface area contributed by atoms with Gasteiger partial charge >= 0.3 is 24.0 Å². The van der Waals surface area contributed by atoms with Gasteiger partial charge in [-0.2, -0.15) is 0 Å². The Morgan fingerprint density at radius 2 is 1.75 bits per heavy atom. The predicted octanol–water partition coefficient (Wildman–Crippen LogP) is 3.56. The number of benzene rings is 1. The van der Waals surface area contributed by atoms with Crippen LogP contribution in [0.2, 0.25) is 0 Å². The average molecular weight is 885 g/mol. The normalized spacial score (nSPS) is 35.5. The minimum atomic E-state index is -2.29. The van der Waals surface area contributed by atoms with Crippen LogP contribution >= 0.6 is 0 Å². The lowest BCUT2D eigenvalue weighted by Crippen LogP contribution is -2.79. The first-order valence-corrected chi connectivity index (χ1v) is 21.1. The summed E-state index contributed by atoms with van der Waals surface area (Å²) in [5, 5.41) is 48.9. The molecule has 2 saturated heterocycles. The van der Waals surface area contributed by atoms with Crippen LogP contribution in [0.4, 0.5) is 9.18 Å². The fourth-order valence-electron chi connectivity index (χ4n) is 10.6. The molecule has 2 bridgehead atoms. The second-order valence-electron chi connectivity index (χ2n) is 19.0.